The second kappa shape index (κ2) is 4.62. The first-order chi connectivity index (χ1) is 7.83. The number of nitrogens with zero attached hydrogens (tertiary/aromatic N) is 1. The Bertz CT molecular complexity index is 488. The van der Waals surface area contributed by atoms with E-state index in [1.807, 2.05) is 42.5 Å². The quantitative estimate of drug-likeness (QED) is 0.776. The van der Waals surface area contributed by atoms with Gasteiger partial charge in [-0.2, -0.15) is 0 Å². The number of ether oxygens (including phenoxy) is 1. The first-order valence-corrected chi connectivity index (χ1v) is 5.07. The molecule has 0 bridgehead atoms. The van der Waals surface area contributed by atoms with Crippen molar-refractivity contribution in [1.82, 2.24) is 4.98 Å². The van der Waals surface area contributed by atoms with Gasteiger partial charge in [0.05, 0.1) is 18.5 Å². The molecule has 80 valence electrons. The fourth-order valence-corrected chi connectivity index (χ4v) is 1.49. The van der Waals surface area contributed by atoms with Gasteiger partial charge in [0.2, 0.25) is 0 Å². The van der Waals surface area contributed by atoms with Crippen LogP contribution in [0.4, 0.5) is 0 Å². The van der Waals surface area contributed by atoms with E-state index in [-0.39, 0.29) is 0 Å². The molecular weight excluding hydrogens is 198 g/mol. The SMILES string of the molecule is C=Cc1cccc(-c2ccc(OC)cc2)n1. The van der Waals surface area contributed by atoms with Crippen LogP contribution >= 0.6 is 0 Å². The minimum absolute atomic E-state index is 0.851. The highest BCUT2D eigenvalue weighted by molar-refractivity contribution is 5.61. The Morgan fingerprint density at radius 2 is 1.88 bits per heavy atom. The lowest BCUT2D eigenvalue weighted by molar-refractivity contribution is 0.415. The standard InChI is InChI=1S/C14H13NO/c1-3-12-5-4-6-14(15-12)11-7-9-13(16-2)10-8-11/h3-10H,1H2,2H3. The summed E-state index contributed by atoms with van der Waals surface area (Å²) in [5.41, 5.74) is 2.90. The maximum Gasteiger partial charge on any atom is 0.118 e. The second-order valence-electron chi connectivity index (χ2n) is 3.38. The highest BCUT2D eigenvalue weighted by Crippen LogP contribution is 2.20. The third-order valence-electron chi connectivity index (χ3n) is 2.37. The molecule has 0 saturated carbocycles. The van der Waals surface area contributed by atoms with Crippen LogP contribution in [0.25, 0.3) is 17.3 Å². The Morgan fingerprint density at radius 1 is 1.12 bits per heavy atom. The molecular formula is C14H13NO. The average molecular weight is 211 g/mol. The van der Waals surface area contributed by atoms with Gasteiger partial charge >= 0.3 is 0 Å². The fourth-order valence-electron chi connectivity index (χ4n) is 1.49. The van der Waals surface area contributed by atoms with Gasteiger partial charge in [0.25, 0.3) is 0 Å². The summed E-state index contributed by atoms with van der Waals surface area (Å²) in [7, 11) is 1.66. The first kappa shape index (κ1) is 10.4. The Hall–Kier alpha value is -2.09. The zero-order valence-corrected chi connectivity index (χ0v) is 9.18. The molecule has 0 radical (unpaired) electrons. The third kappa shape index (κ3) is 2.11. The van der Waals surface area contributed by atoms with Crippen molar-refractivity contribution in [3.05, 3.63) is 54.7 Å². The maximum atomic E-state index is 5.11. The number of methoxy groups -OCH3 is 1. The molecule has 0 N–H and O–H groups in total. The molecule has 0 atom stereocenters. The largest absolute Gasteiger partial charge is 0.497 e. The predicted molar refractivity (Wildman–Crippen MR) is 66.3 cm³/mol. The lowest BCUT2D eigenvalue weighted by atomic mass is 10.1. The summed E-state index contributed by atoms with van der Waals surface area (Å²) in [5, 5.41) is 0. The molecule has 16 heavy (non-hydrogen) atoms. The molecule has 1 aromatic heterocycles. The number of rotatable bonds is 3. The van der Waals surface area contributed by atoms with Gasteiger partial charge in [0.15, 0.2) is 0 Å². The highest BCUT2D eigenvalue weighted by atomic mass is 16.5. The van der Waals surface area contributed by atoms with Crippen molar-refractivity contribution in [2.75, 3.05) is 7.11 Å². The Balaban J connectivity index is 2.38. The molecule has 0 aliphatic heterocycles. The van der Waals surface area contributed by atoms with Crippen LogP contribution in [0.2, 0.25) is 0 Å². The molecule has 2 nitrogen and oxygen atoms in total. The lowest BCUT2D eigenvalue weighted by Gasteiger charge is -2.03. The van der Waals surface area contributed by atoms with Crippen LogP contribution < -0.4 is 4.74 Å². The topological polar surface area (TPSA) is 22.1 Å². The molecule has 0 saturated heterocycles. The summed E-state index contributed by atoms with van der Waals surface area (Å²) < 4.78 is 5.11. The van der Waals surface area contributed by atoms with Crippen molar-refractivity contribution in [1.29, 1.82) is 0 Å². The van der Waals surface area contributed by atoms with E-state index in [1.54, 1.807) is 13.2 Å². The summed E-state index contributed by atoms with van der Waals surface area (Å²) in [6.45, 7) is 3.71. The number of pyridine rings is 1. The van der Waals surface area contributed by atoms with E-state index in [0.717, 1.165) is 22.7 Å². The number of hydrogen-bond acceptors (Lipinski definition) is 2. The van der Waals surface area contributed by atoms with Crippen LogP contribution in [0, 0.1) is 0 Å². The molecule has 2 aromatic rings. The van der Waals surface area contributed by atoms with Crippen molar-refractivity contribution >= 4 is 6.08 Å². The Kier molecular flexibility index (Phi) is 3.01. The van der Waals surface area contributed by atoms with Crippen LogP contribution in [-0.2, 0) is 0 Å². The minimum atomic E-state index is 0.851. The number of hydrogen-bond donors (Lipinski definition) is 0. The second-order valence-corrected chi connectivity index (χ2v) is 3.38. The Labute approximate surface area is 95.2 Å². The molecule has 0 unspecified atom stereocenters. The van der Waals surface area contributed by atoms with Crippen molar-refractivity contribution in [3.63, 3.8) is 0 Å². The van der Waals surface area contributed by atoms with Crippen molar-refractivity contribution in [2.45, 2.75) is 0 Å². The van der Waals surface area contributed by atoms with Gasteiger partial charge in [-0.15, -0.1) is 0 Å². The van der Waals surface area contributed by atoms with Gasteiger partial charge in [-0.05, 0) is 42.5 Å². The van der Waals surface area contributed by atoms with E-state index < -0.39 is 0 Å². The van der Waals surface area contributed by atoms with E-state index in [9.17, 15) is 0 Å². The first-order valence-electron chi connectivity index (χ1n) is 5.07. The van der Waals surface area contributed by atoms with Crippen LogP contribution in [0.15, 0.2) is 49.0 Å². The monoisotopic (exact) mass is 211 g/mol. The van der Waals surface area contributed by atoms with E-state index in [0.29, 0.717) is 0 Å². The van der Waals surface area contributed by atoms with Gasteiger partial charge in [-0.25, -0.2) is 4.98 Å². The summed E-state index contributed by atoms with van der Waals surface area (Å²) in [4.78, 5) is 4.46. The highest BCUT2D eigenvalue weighted by Gasteiger charge is 1.99. The molecule has 0 amide bonds. The maximum absolute atomic E-state index is 5.11. The van der Waals surface area contributed by atoms with Gasteiger partial charge in [-0.1, -0.05) is 12.6 Å². The van der Waals surface area contributed by atoms with Crippen molar-refractivity contribution in [2.24, 2.45) is 0 Å². The molecule has 0 aliphatic carbocycles. The van der Waals surface area contributed by atoms with E-state index in [4.69, 9.17) is 4.74 Å². The molecule has 1 heterocycles. The van der Waals surface area contributed by atoms with E-state index >= 15 is 0 Å². The molecule has 1 aromatic carbocycles. The van der Waals surface area contributed by atoms with Crippen LogP contribution in [-0.4, -0.2) is 12.1 Å². The summed E-state index contributed by atoms with van der Waals surface area (Å²) >= 11 is 0. The van der Waals surface area contributed by atoms with Crippen LogP contribution in [0.1, 0.15) is 5.69 Å². The smallest absolute Gasteiger partial charge is 0.118 e. The third-order valence-corrected chi connectivity index (χ3v) is 2.37. The zero-order valence-electron chi connectivity index (χ0n) is 9.18. The van der Waals surface area contributed by atoms with Gasteiger partial charge in [-0.3, -0.25) is 0 Å². The van der Waals surface area contributed by atoms with E-state index in [1.165, 1.54) is 0 Å². The molecule has 0 spiro atoms. The summed E-state index contributed by atoms with van der Waals surface area (Å²) in [5.74, 6) is 0.851. The predicted octanol–water partition coefficient (Wildman–Crippen LogP) is 3.40. The summed E-state index contributed by atoms with van der Waals surface area (Å²) in [6, 6.07) is 13.7. The van der Waals surface area contributed by atoms with Crippen molar-refractivity contribution < 1.29 is 4.74 Å². The minimum Gasteiger partial charge on any atom is -0.497 e. The average Bonchev–Trinajstić information content (AvgIpc) is 2.39. The normalized spacial score (nSPS) is 9.81. The molecule has 0 fully saturated rings. The van der Waals surface area contributed by atoms with Gasteiger partial charge < -0.3 is 4.74 Å². The lowest BCUT2D eigenvalue weighted by Crippen LogP contribution is -1.87. The van der Waals surface area contributed by atoms with E-state index in [2.05, 4.69) is 11.6 Å². The van der Waals surface area contributed by atoms with Gasteiger partial charge in [0, 0.05) is 5.56 Å². The fraction of sp³-hybridized carbons (Fsp3) is 0.0714. The summed E-state index contributed by atoms with van der Waals surface area (Å²) in [6.07, 6.45) is 1.74. The number of benzene rings is 1. The van der Waals surface area contributed by atoms with Crippen LogP contribution in [0.5, 0.6) is 5.75 Å². The molecule has 2 heteroatoms. The zero-order chi connectivity index (χ0) is 11.4. The van der Waals surface area contributed by atoms with Gasteiger partial charge in [0.1, 0.15) is 5.75 Å². The number of aromatic nitrogens is 1. The van der Waals surface area contributed by atoms with Crippen molar-refractivity contribution in [3.8, 4) is 17.0 Å². The molecule has 0 aliphatic rings. The molecule has 2 rings (SSSR count). The van der Waals surface area contributed by atoms with Crippen LogP contribution in [0.3, 0.4) is 0 Å². The Morgan fingerprint density at radius 3 is 2.50 bits per heavy atom.